The second kappa shape index (κ2) is 16.1. The minimum atomic E-state index is -4.21. The minimum Gasteiger partial charge on any atom is -0.494 e. The molecule has 0 aliphatic heterocycles. The van der Waals surface area contributed by atoms with Gasteiger partial charge in [0.15, 0.2) is 0 Å². The van der Waals surface area contributed by atoms with E-state index < -0.39 is 28.5 Å². The maximum Gasteiger partial charge on any atom is 0.264 e. The molecule has 1 saturated carbocycles. The molecule has 242 valence electrons. The van der Waals surface area contributed by atoms with Crippen LogP contribution >= 0.6 is 35.0 Å². The van der Waals surface area contributed by atoms with Crippen LogP contribution in [0.1, 0.15) is 51.5 Å². The third kappa shape index (κ3) is 8.67. The van der Waals surface area contributed by atoms with Gasteiger partial charge in [0.1, 0.15) is 18.3 Å². The van der Waals surface area contributed by atoms with Gasteiger partial charge in [-0.2, -0.15) is 0 Å². The van der Waals surface area contributed by atoms with Crippen LogP contribution in [0.15, 0.2) is 76.5 Å². The molecular weight excluding hydrogens is 653 g/mol. The van der Waals surface area contributed by atoms with E-state index in [0.29, 0.717) is 34.4 Å². The molecule has 8 nitrogen and oxygen atoms in total. The number of halogens is 2. The van der Waals surface area contributed by atoms with Gasteiger partial charge in [-0.15, -0.1) is 11.8 Å². The molecule has 0 heterocycles. The van der Waals surface area contributed by atoms with Gasteiger partial charge in [0.05, 0.1) is 17.2 Å². The lowest BCUT2D eigenvalue weighted by Crippen LogP contribution is -2.53. The van der Waals surface area contributed by atoms with Crippen LogP contribution in [-0.4, -0.2) is 56.6 Å². The van der Waals surface area contributed by atoms with E-state index in [1.807, 2.05) is 20.1 Å². The summed E-state index contributed by atoms with van der Waals surface area (Å²) in [5.74, 6) is -0.291. The van der Waals surface area contributed by atoms with E-state index in [4.69, 9.17) is 27.9 Å². The third-order valence-corrected chi connectivity index (χ3v) is 11.1. The summed E-state index contributed by atoms with van der Waals surface area (Å²) < 4.78 is 35.0. The smallest absolute Gasteiger partial charge is 0.264 e. The molecular formula is C33H39Cl2N3O5S2. The monoisotopic (exact) mass is 691 g/mol. The molecule has 1 fully saturated rings. The van der Waals surface area contributed by atoms with E-state index in [1.54, 1.807) is 54.6 Å². The number of anilines is 1. The number of nitrogens with zero attached hydrogens (tertiary/aromatic N) is 2. The highest BCUT2D eigenvalue weighted by Crippen LogP contribution is 2.30. The van der Waals surface area contributed by atoms with E-state index in [-0.39, 0.29) is 29.1 Å². The predicted octanol–water partition coefficient (Wildman–Crippen LogP) is 7.18. The van der Waals surface area contributed by atoms with Crippen molar-refractivity contribution in [3.8, 4) is 5.75 Å². The number of rotatable bonds is 14. The van der Waals surface area contributed by atoms with Crippen LogP contribution < -0.4 is 14.4 Å². The number of amides is 2. The molecule has 4 rings (SSSR count). The van der Waals surface area contributed by atoms with Crippen LogP contribution in [0.5, 0.6) is 5.75 Å². The number of benzene rings is 3. The molecule has 1 N–H and O–H groups in total. The molecule has 0 radical (unpaired) electrons. The number of carbonyl (C=O) groups excluding carboxylic acids is 2. The molecule has 45 heavy (non-hydrogen) atoms. The fourth-order valence-corrected chi connectivity index (χ4v) is 7.76. The van der Waals surface area contributed by atoms with Gasteiger partial charge in [-0.25, -0.2) is 8.42 Å². The van der Waals surface area contributed by atoms with Gasteiger partial charge >= 0.3 is 0 Å². The second-order valence-electron chi connectivity index (χ2n) is 10.7. The van der Waals surface area contributed by atoms with Crippen molar-refractivity contribution in [3.05, 3.63) is 82.3 Å². The summed E-state index contributed by atoms with van der Waals surface area (Å²) in [7, 11) is -4.21. The van der Waals surface area contributed by atoms with Gasteiger partial charge in [0, 0.05) is 33.1 Å². The summed E-state index contributed by atoms with van der Waals surface area (Å²) >= 11 is 14.5. The number of hydrogen-bond acceptors (Lipinski definition) is 6. The highest BCUT2D eigenvalue weighted by atomic mass is 35.5. The van der Waals surface area contributed by atoms with E-state index in [1.165, 1.54) is 28.8 Å². The quantitative estimate of drug-likeness (QED) is 0.180. The molecule has 12 heteroatoms. The fourth-order valence-electron chi connectivity index (χ4n) is 5.42. The van der Waals surface area contributed by atoms with Gasteiger partial charge in [-0.3, -0.25) is 13.9 Å². The predicted molar refractivity (Wildman–Crippen MR) is 182 cm³/mol. The number of sulfonamides is 1. The fraction of sp³-hybridized carbons (Fsp3) is 0.394. The van der Waals surface area contributed by atoms with Crippen molar-refractivity contribution in [1.29, 1.82) is 0 Å². The number of carbonyl (C=O) groups is 2. The summed E-state index contributed by atoms with van der Waals surface area (Å²) in [4.78, 5) is 30.4. The van der Waals surface area contributed by atoms with Crippen molar-refractivity contribution < 1.29 is 22.7 Å². The molecule has 0 spiro atoms. The molecule has 0 bridgehead atoms. The van der Waals surface area contributed by atoms with Gasteiger partial charge in [-0.05, 0) is 93.1 Å². The first-order valence-electron chi connectivity index (χ1n) is 15.0. The summed E-state index contributed by atoms with van der Waals surface area (Å²) in [6, 6.07) is 17.2. The summed E-state index contributed by atoms with van der Waals surface area (Å²) in [5.41, 5.74) is 0.754. The van der Waals surface area contributed by atoms with Crippen molar-refractivity contribution in [2.24, 2.45) is 0 Å². The Labute approximate surface area is 280 Å². The van der Waals surface area contributed by atoms with Gasteiger partial charge < -0.3 is 15.0 Å². The molecule has 3 aromatic rings. The Morgan fingerprint density at radius 1 is 0.978 bits per heavy atom. The van der Waals surface area contributed by atoms with E-state index in [9.17, 15) is 18.0 Å². The lowest BCUT2D eigenvalue weighted by atomic mass is 10.1. The normalized spacial score (nSPS) is 14.2. The van der Waals surface area contributed by atoms with Crippen LogP contribution in [0.4, 0.5) is 5.69 Å². The SMILES string of the molecule is CCOc1ccc(N(CC(=O)N(Cc2c(Cl)cccc2Cl)C(CC)C(=O)NC2CCCC2)S(=O)(=O)c2ccc(SC)cc2)cc1. The zero-order valence-corrected chi connectivity index (χ0v) is 28.8. The lowest BCUT2D eigenvalue weighted by molar-refractivity contribution is -0.140. The Balaban J connectivity index is 1.75. The minimum absolute atomic E-state index is 0.0358. The molecule has 0 saturated heterocycles. The van der Waals surface area contributed by atoms with Crippen molar-refractivity contribution >= 4 is 62.5 Å². The maximum atomic E-state index is 14.4. The Bertz CT molecular complexity index is 1540. The maximum absolute atomic E-state index is 14.4. The Morgan fingerprint density at radius 3 is 2.16 bits per heavy atom. The van der Waals surface area contributed by atoms with Gasteiger partial charge in [-0.1, -0.05) is 49.0 Å². The molecule has 1 unspecified atom stereocenters. The molecule has 1 atom stereocenters. The first kappa shape index (κ1) is 34.9. The molecule has 1 aliphatic rings. The summed E-state index contributed by atoms with van der Waals surface area (Å²) in [6.07, 6.45) is 6.04. The van der Waals surface area contributed by atoms with Crippen molar-refractivity contribution in [1.82, 2.24) is 10.2 Å². The van der Waals surface area contributed by atoms with Crippen LogP contribution in [0, 0.1) is 0 Å². The molecule has 0 aromatic heterocycles. The van der Waals surface area contributed by atoms with Crippen LogP contribution in [0.25, 0.3) is 0 Å². The summed E-state index contributed by atoms with van der Waals surface area (Å²) in [5, 5.41) is 3.79. The second-order valence-corrected chi connectivity index (χ2v) is 14.3. The molecule has 2 amide bonds. The Kier molecular flexibility index (Phi) is 12.5. The number of hydrogen-bond donors (Lipinski definition) is 1. The van der Waals surface area contributed by atoms with E-state index in [2.05, 4.69) is 5.32 Å². The zero-order chi connectivity index (χ0) is 32.6. The zero-order valence-electron chi connectivity index (χ0n) is 25.7. The average Bonchev–Trinajstić information content (AvgIpc) is 3.54. The van der Waals surface area contributed by atoms with E-state index >= 15 is 0 Å². The summed E-state index contributed by atoms with van der Waals surface area (Å²) in [6.45, 7) is 3.49. The first-order chi connectivity index (χ1) is 21.6. The topological polar surface area (TPSA) is 96.0 Å². The van der Waals surface area contributed by atoms with Crippen molar-refractivity contribution in [2.45, 2.75) is 74.4 Å². The Hall–Kier alpha value is -2.92. The lowest BCUT2D eigenvalue weighted by Gasteiger charge is -2.34. The number of thioether (sulfide) groups is 1. The van der Waals surface area contributed by atoms with Crippen molar-refractivity contribution in [2.75, 3.05) is 23.7 Å². The third-order valence-electron chi connectivity index (χ3n) is 7.84. The number of nitrogens with one attached hydrogen (secondary N) is 1. The van der Waals surface area contributed by atoms with Gasteiger partial charge in [0.2, 0.25) is 11.8 Å². The van der Waals surface area contributed by atoms with Crippen LogP contribution in [0.2, 0.25) is 10.0 Å². The average molecular weight is 693 g/mol. The first-order valence-corrected chi connectivity index (χ1v) is 18.4. The van der Waals surface area contributed by atoms with Crippen molar-refractivity contribution in [3.63, 3.8) is 0 Å². The standard InChI is InChI=1S/C33H39Cl2N3O5S2/c1-4-31(33(40)36-23-9-6-7-10-23)37(21-28-29(34)11-8-12-30(28)35)32(39)22-38(24-13-15-25(16-14-24)43-5-2)45(41,42)27-19-17-26(44-3)18-20-27/h8,11-20,23,31H,4-7,9-10,21-22H2,1-3H3,(H,36,40). The largest absolute Gasteiger partial charge is 0.494 e. The molecule has 3 aromatic carbocycles. The van der Waals surface area contributed by atoms with Crippen LogP contribution in [0.3, 0.4) is 0 Å². The highest BCUT2D eigenvalue weighted by Gasteiger charge is 2.35. The van der Waals surface area contributed by atoms with Crippen LogP contribution in [-0.2, 0) is 26.2 Å². The Morgan fingerprint density at radius 2 is 1.60 bits per heavy atom. The number of ether oxygens (including phenoxy) is 1. The van der Waals surface area contributed by atoms with E-state index in [0.717, 1.165) is 34.9 Å². The highest BCUT2D eigenvalue weighted by molar-refractivity contribution is 7.98. The van der Waals surface area contributed by atoms with Gasteiger partial charge in [0.25, 0.3) is 10.0 Å². The molecule has 1 aliphatic carbocycles.